The van der Waals surface area contributed by atoms with Gasteiger partial charge in [-0.15, -0.1) is 0 Å². The molecule has 1 fully saturated rings. The molecule has 0 amide bonds. The number of nitrogens with zero attached hydrogens (tertiary/aromatic N) is 2. The van der Waals surface area contributed by atoms with E-state index < -0.39 is 0 Å². The van der Waals surface area contributed by atoms with Gasteiger partial charge in [0.25, 0.3) is 0 Å². The number of piperidine rings is 1. The zero-order valence-corrected chi connectivity index (χ0v) is 12.9. The van der Waals surface area contributed by atoms with Crippen LogP contribution < -0.4 is 10.2 Å². The largest absolute Gasteiger partial charge is 0.445 e. The van der Waals surface area contributed by atoms with Crippen LogP contribution in [0.5, 0.6) is 0 Å². The summed E-state index contributed by atoms with van der Waals surface area (Å²) >= 11 is 5.93. The molecule has 1 saturated heterocycles. The molecule has 1 aliphatic rings. The zero-order chi connectivity index (χ0) is 14.7. The van der Waals surface area contributed by atoms with Gasteiger partial charge in [-0.3, -0.25) is 0 Å². The van der Waals surface area contributed by atoms with Crippen LogP contribution in [0.1, 0.15) is 24.5 Å². The second-order valence-corrected chi connectivity index (χ2v) is 5.92. The first-order valence-electron chi connectivity index (χ1n) is 7.36. The van der Waals surface area contributed by atoms with E-state index >= 15 is 0 Å². The first-order valence-corrected chi connectivity index (χ1v) is 7.74. The van der Waals surface area contributed by atoms with Crippen LogP contribution in [-0.2, 0) is 6.54 Å². The highest BCUT2D eigenvalue weighted by atomic mass is 35.5. The Bertz CT molecular complexity index is 573. The lowest BCUT2D eigenvalue weighted by Crippen LogP contribution is -2.42. The van der Waals surface area contributed by atoms with Crippen LogP contribution in [0.15, 0.2) is 34.9 Å². The van der Waals surface area contributed by atoms with E-state index in [1.165, 1.54) is 5.69 Å². The maximum Gasteiger partial charge on any atom is 0.208 e. The van der Waals surface area contributed by atoms with Gasteiger partial charge in [-0.2, -0.15) is 0 Å². The smallest absolute Gasteiger partial charge is 0.208 e. The monoisotopic (exact) mass is 305 g/mol. The molecule has 0 spiro atoms. The zero-order valence-electron chi connectivity index (χ0n) is 12.2. The third-order valence-electron chi connectivity index (χ3n) is 3.90. The Morgan fingerprint density at radius 1 is 1.29 bits per heavy atom. The summed E-state index contributed by atoms with van der Waals surface area (Å²) in [7, 11) is 0. The Hall–Kier alpha value is -1.52. The number of benzene rings is 1. The SMILES string of the molecule is Cc1cnc(CNC2CCN(c3ccc(Cl)cc3)CC2)o1. The Morgan fingerprint density at radius 3 is 2.62 bits per heavy atom. The van der Waals surface area contributed by atoms with Gasteiger partial charge in [0.1, 0.15) is 5.76 Å². The van der Waals surface area contributed by atoms with Crippen LogP contribution in [0, 0.1) is 6.92 Å². The van der Waals surface area contributed by atoms with Gasteiger partial charge in [0.2, 0.25) is 5.89 Å². The summed E-state index contributed by atoms with van der Waals surface area (Å²) in [5.74, 6) is 1.64. The molecule has 0 saturated carbocycles. The predicted molar refractivity (Wildman–Crippen MR) is 84.8 cm³/mol. The summed E-state index contributed by atoms with van der Waals surface area (Å²) in [6.07, 6.45) is 4.02. The van der Waals surface area contributed by atoms with Crippen molar-refractivity contribution in [2.45, 2.75) is 32.4 Å². The minimum Gasteiger partial charge on any atom is -0.445 e. The van der Waals surface area contributed by atoms with E-state index in [0.29, 0.717) is 12.6 Å². The van der Waals surface area contributed by atoms with Gasteiger partial charge in [-0.05, 0) is 44.0 Å². The van der Waals surface area contributed by atoms with Gasteiger partial charge in [0.15, 0.2) is 0 Å². The first kappa shape index (κ1) is 14.4. The Balaban J connectivity index is 1.47. The molecule has 3 rings (SSSR count). The van der Waals surface area contributed by atoms with Crippen molar-refractivity contribution in [3.8, 4) is 0 Å². The number of halogens is 1. The molecule has 2 heterocycles. The summed E-state index contributed by atoms with van der Waals surface area (Å²) in [4.78, 5) is 6.63. The summed E-state index contributed by atoms with van der Waals surface area (Å²) < 4.78 is 5.48. The molecule has 1 aliphatic heterocycles. The minimum atomic E-state index is 0.528. The normalized spacial score (nSPS) is 16.4. The molecule has 1 aromatic heterocycles. The van der Waals surface area contributed by atoms with Crippen molar-refractivity contribution in [3.05, 3.63) is 47.1 Å². The van der Waals surface area contributed by atoms with Crippen molar-refractivity contribution in [1.82, 2.24) is 10.3 Å². The molecule has 0 aliphatic carbocycles. The number of rotatable bonds is 4. The number of nitrogens with one attached hydrogen (secondary N) is 1. The van der Waals surface area contributed by atoms with Crippen LogP contribution in [-0.4, -0.2) is 24.1 Å². The fourth-order valence-electron chi connectivity index (χ4n) is 2.71. The van der Waals surface area contributed by atoms with Gasteiger partial charge < -0.3 is 14.6 Å². The van der Waals surface area contributed by atoms with E-state index in [4.69, 9.17) is 16.0 Å². The van der Waals surface area contributed by atoms with Gasteiger partial charge >= 0.3 is 0 Å². The average molecular weight is 306 g/mol. The topological polar surface area (TPSA) is 41.3 Å². The predicted octanol–water partition coefficient (Wildman–Crippen LogP) is 3.40. The lowest BCUT2D eigenvalue weighted by molar-refractivity contribution is 0.378. The van der Waals surface area contributed by atoms with E-state index in [0.717, 1.165) is 42.6 Å². The molecule has 0 radical (unpaired) electrons. The standard InChI is InChI=1S/C16H20ClN3O/c1-12-10-19-16(21-12)11-18-14-6-8-20(9-7-14)15-4-2-13(17)3-5-15/h2-5,10,14,18H,6-9,11H2,1H3. The lowest BCUT2D eigenvalue weighted by atomic mass is 10.0. The van der Waals surface area contributed by atoms with Gasteiger partial charge in [0.05, 0.1) is 12.7 Å². The van der Waals surface area contributed by atoms with Crippen LogP contribution >= 0.6 is 11.6 Å². The highest BCUT2D eigenvalue weighted by molar-refractivity contribution is 6.30. The number of aryl methyl sites for hydroxylation is 1. The fourth-order valence-corrected chi connectivity index (χ4v) is 2.83. The Morgan fingerprint density at radius 2 is 2.00 bits per heavy atom. The Kier molecular flexibility index (Phi) is 4.46. The van der Waals surface area contributed by atoms with Crippen molar-refractivity contribution < 1.29 is 4.42 Å². The van der Waals surface area contributed by atoms with Crippen LogP contribution in [0.25, 0.3) is 0 Å². The summed E-state index contributed by atoms with van der Waals surface area (Å²) in [6, 6.07) is 8.61. The molecular formula is C16H20ClN3O. The quantitative estimate of drug-likeness (QED) is 0.940. The molecule has 0 unspecified atom stereocenters. The molecule has 21 heavy (non-hydrogen) atoms. The maximum atomic E-state index is 5.93. The summed E-state index contributed by atoms with van der Waals surface area (Å²) in [6.45, 7) is 4.74. The minimum absolute atomic E-state index is 0.528. The van der Waals surface area contributed by atoms with Gasteiger partial charge in [-0.1, -0.05) is 11.6 Å². The molecule has 0 atom stereocenters. The molecular weight excluding hydrogens is 286 g/mol. The second kappa shape index (κ2) is 6.50. The van der Waals surface area contributed by atoms with Gasteiger partial charge in [-0.25, -0.2) is 4.98 Å². The van der Waals surface area contributed by atoms with Crippen molar-refractivity contribution in [2.24, 2.45) is 0 Å². The van der Waals surface area contributed by atoms with E-state index in [1.54, 1.807) is 6.20 Å². The summed E-state index contributed by atoms with van der Waals surface area (Å²) in [5.41, 5.74) is 1.25. The fraction of sp³-hybridized carbons (Fsp3) is 0.438. The number of aromatic nitrogens is 1. The highest BCUT2D eigenvalue weighted by Gasteiger charge is 2.19. The number of hydrogen-bond acceptors (Lipinski definition) is 4. The number of anilines is 1. The molecule has 4 nitrogen and oxygen atoms in total. The molecule has 1 N–H and O–H groups in total. The second-order valence-electron chi connectivity index (χ2n) is 5.48. The molecule has 1 aromatic carbocycles. The van der Waals surface area contributed by atoms with Crippen molar-refractivity contribution >= 4 is 17.3 Å². The Labute approximate surface area is 130 Å². The number of hydrogen-bond donors (Lipinski definition) is 1. The summed E-state index contributed by atoms with van der Waals surface area (Å²) in [5, 5.41) is 4.32. The van der Waals surface area contributed by atoms with Crippen molar-refractivity contribution in [2.75, 3.05) is 18.0 Å². The third-order valence-corrected chi connectivity index (χ3v) is 4.15. The maximum absolute atomic E-state index is 5.93. The van der Waals surface area contributed by atoms with Gasteiger partial charge in [0, 0.05) is 29.8 Å². The van der Waals surface area contributed by atoms with Crippen molar-refractivity contribution in [1.29, 1.82) is 0 Å². The lowest BCUT2D eigenvalue weighted by Gasteiger charge is -2.34. The molecule has 0 bridgehead atoms. The molecule has 112 valence electrons. The highest BCUT2D eigenvalue weighted by Crippen LogP contribution is 2.22. The molecule has 2 aromatic rings. The first-order chi connectivity index (χ1) is 10.2. The van der Waals surface area contributed by atoms with Crippen LogP contribution in [0.2, 0.25) is 5.02 Å². The van der Waals surface area contributed by atoms with E-state index in [-0.39, 0.29) is 0 Å². The van der Waals surface area contributed by atoms with Crippen LogP contribution in [0.4, 0.5) is 5.69 Å². The van der Waals surface area contributed by atoms with Crippen molar-refractivity contribution in [3.63, 3.8) is 0 Å². The number of oxazole rings is 1. The molecule has 5 heteroatoms. The van der Waals surface area contributed by atoms with E-state index in [9.17, 15) is 0 Å². The van der Waals surface area contributed by atoms with Crippen LogP contribution in [0.3, 0.4) is 0 Å². The third kappa shape index (κ3) is 3.77. The van der Waals surface area contributed by atoms with E-state index in [1.807, 2.05) is 19.1 Å². The average Bonchev–Trinajstić information content (AvgIpc) is 2.92. The van der Waals surface area contributed by atoms with E-state index in [2.05, 4.69) is 27.3 Å².